The summed E-state index contributed by atoms with van der Waals surface area (Å²) in [5.74, 6) is 0.417. The van der Waals surface area contributed by atoms with Crippen LogP contribution in [0.2, 0.25) is 0 Å². The fourth-order valence-corrected chi connectivity index (χ4v) is 2.56. The Labute approximate surface area is 113 Å². The zero-order valence-electron chi connectivity index (χ0n) is 10.9. The first kappa shape index (κ1) is 13.1. The van der Waals surface area contributed by atoms with Gasteiger partial charge in [-0.05, 0) is 54.8 Å². The molecule has 2 saturated carbocycles. The molecule has 102 valence electrons. The van der Waals surface area contributed by atoms with Gasteiger partial charge in [-0.25, -0.2) is 4.39 Å². The number of nitrogens with zero attached hydrogens (tertiary/aromatic N) is 1. The van der Waals surface area contributed by atoms with Crippen molar-refractivity contribution in [1.82, 2.24) is 4.90 Å². The monoisotopic (exact) mass is 263 g/mol. The normalized spacial score (nSPS) is 18.9. The van der Waals surface area contributed by atoms with E-state index in [0.717, 1.165) is 18.0 Å². The van der Waals surface area contributed by atoms with E-state index in [1.165, 1.54) is 37.8 Å². The molecule has 0 spiro atoms. The summed E-state index contributed by atoms with van der Waals surface area (Å²) in [6.07, 6.45) is 5.09. The van der Waals surface area contributed by atoms with E-state index in [1.807, 2.05) is 0 Å². The zero-order valence-corrected chi connectivity index (χ0v) is 10.9. The van der Waals surface area contributed by atoms with Crippen LogP contribution < -0.4 is 5.46 Å². The van der Waals surface area contributed by atoms with Crippen LogP contribution in [0.1, 0.15) is 31.2 Å². The molecule has 2 aliphatic carbocycles. The molecule has 1 aromatic rings. The molecule has 3 rings (SSSR count). The molecule has 1 aromatic carbocycles. The van der Waals surface area contributed by atoms with E-state index in [9.17, 15) is 4.39 Å². The van der Waals surface area contributed by atoms with Crippen molar-refractivity contribution in [3.05, 3.63) is 29.6 Å². The number of benzene rings is 1. The largest absolute Gasteiger partial charge is 0.488 e. The molecule has 0 saturated heterocycles. The Morgan fingerprint density at radius 1 is 1.16 bits per heavy atom. The highest BCUT2D eigenvalue weighted by atomic mass is 19.1. The Balaban J connectivity index is 1.72. The summed E-state index contributed by atoms with van der Waals surface area (Å²) in [4.78, 5) is 2.42. The van der Waals surface area contributed by atoms with Crippen LogP contribution in [0, 0.1) is 11.7 Å². The van der Waals surface area contributed by atoms with Crippen LogP contribution in [-0.2, 0) is 6.54 Å². The van der Waals surface area contributed by atoms with Crippen molar-refractivity contribution in [2.45, 2.75) is 38.3 Å². The summed E-state index contributed by atoms with van der Waals surface area (Å²) in [5.41, 5.74) is 1.06. The Bertz CT molecular complexity index is 461. The van der Waals surface area contributed by atoms with Crippen LogP contribution in [0.3, 0.4) is 0 Å². The lowest BCUT2D eigenvalue weighted by atomic mass is 9.79. The number of hydrogen-bond acceptors (Lipinski definition) is 3. The molecular weight excluding hydrogens is 244 g/mol. The highest BCUT2D eigenvalue weighted by molar-refractivity contribution is 6.58. The third-order valence-electron chi connectivity index (χ3n) is 3.92. The lowest BCUT2D eigenvalue weighted by Gasteiger charge is -2.22. The Morgan fingerprint density at radius 3 is 2.47 bits per heavy atom. The maximum absolute atomic E-state index is 13.5. The van der Waals surface area contributed by atoms with Crippen LogP contribution >= 0.6 is 0 Å². The van der Waals surface area contributed by atoms with Gasteiger partial charge in [0.25, 0.3) is 0 Å². The molecule has 5 heteroatoms. The summed E-state index contributed by atoms with van der Waals surface area (Å²) >= 11 is 0. The fraction of sp³-hybridized carbons (Fsp3) is 0.571. The van der Waals surface area contributed by atoms with E-state index < -0.39 is 12.9 Å². The predicted molar refractivity (Wildman–Crippen MR) is 72.4 cm³/mol. The van der Waals surface area contributed by atoms with Gasteiger partial charge in [0.1, 0.15) is 5.82 Å². The Hall–Kier alpha value is -0.905. The lowest BCUT2D eigenvalue weighted by Crippen LogP contribution is -2.32. The van der Waals surface area contributed by atoms with Crippen molar-refractivity contribution < 1.29 is 14.4 Å². The van der Waals surface area contributed by atoms with E-state index in [0.29, 0.717) is 12.6 Å². The van der Waals surface area contributed by atoms with Crippen molar-refractivity contribution in [3.63, 3.8) is 0 Å². The van der Waals surface area contributed by atoms with Crippen LogP contribution in [0.4, 0.5) is 4.39 Å². The lowest BCUT2D eigenvalue weighted by molar-refractivity contribution is 0.244. The van der Waals surface area contributed by atoms with Gasteiger partial charge >= 0.3 is 7.12 Å². The Morgan fingerprint density at radius 2 is 1.89 bits per heavy atom. The highest BCUT2D eigenvalue weighted by Crippen LogP contribution is 2.35. The average Bonchev–Trinajstić information content (AvgIpc) is 3.21. The number of hydrogen-bond donors (Lipinski definition) is 2. The quantitative estimate of drug-likeness (QED) is 0.749. The van der Waals surface area contributed by atoms with Gasteiger partial charge in [0.05, 0.1) is 0 Å². The second-order valence-electron chi connectivity index (χ2n) is 5.87. The van der Waals surface area contributed by atoms with Gasteiger partial charge in [-0.15, -0.1) is 0 Å². The smallest absolute Gasteiger partial charge is 0.423 e. The topological polar surface area (TPSA) is 43.7 Å². The predicted octanol–water partition coefficient (Wildman–Crippen LogP) is 0.880. The van der Waals surface area contributed by atoms with Crippen molar-refractivity contribution in [1.29, 1.82) is 0 Å². The van der Waals surface area contributed by atoms with Gasteiger partial charge in [-0.2, -0.15) is 0 Å². The molecule has 0 amide bonds. The third-order valence-corrected chi connectivity index (χ3v) is 3.92. The average molecular weight is 263 g/mol. The van der Waals surface area contributed by atoms with Gasteiger partial charge in [0.15, 0.2) is 0 Å². The molecule has 0 aliphatic heterocycles. The third kappa shape index (κ3) is 3.56. The molecule has 0 atom stereocenters. The summed E-state index contributed by atoms with van der Waals surface area (Å²) in [5, 5.41) is 18.3. The molecule has 0 bridgehead atoms. The van der Waals surface area contributed by atoms with Crippen molar-refractivity contribution in [2.24, 2.45) is 5.92 Å². The molecule has 2 fully saturated rings. The standard InChI is InChI=1S/C14H19BFNO2/c16-13-6-11(5-12(7-13)15(18)19)9-17(14-3-4-14)8-10-1-2-10/h5-7,10,14,18-19H,1-4,8-9H2. The van der Waals surface area contributed by atoms with Crippen molar-refractivity contribution >= 4 is 12.6 Å². The van der Waals surface area contributed by atoms with Gasteiger partial charge in [0, 0.05) is 19.1 Å². The SMILES string of the molecule is OB(O)c1cc(F)cc(CN(CC2CC2)C2CC2)c1. The van der Waals surface area contributed by atoms with E-state index in [2.05, 4.69) is 4.90 Å². The molecule has 0 unspecified atom stereocenters. The molecule has 3 nitrogen and oxygen atoms in total. The van der Waals surface area contributed by atoms with Crippen molar-refractivity contribution in [2.75, 3.05) is 6.54 Å². The number of halogens is 1. The van der Waals surface area contributed by atoms with E-state index in [1.54, 1.807) is 6.07 Å². The summed E-state index contributed by atoms with van der Waals surface area (Å²) in [6.45, 7) is 1.80. The maximum Gasteiger partial charge on any atom is 0.488 e. The van der Waals surface area contributed by atoms with E-state index >= 15 is 0 Å². The van der Waals surface area contributed by atoms with E-state index in [4.69, 9.17) is 10.0 Å². The maximum atomic E-state index is 13.5. The number of rotatable bonds is 6. The summed E-state index contributed by atoms with van der Waals surface area (Å²) < 4.78 is 13.5. The van der Waals surface area contributed by atoms with Crippen LogP contribution in [-0.4, -0.2) is 34.7 Å². The highest BCUT2D eigenvalue weighted by Gasteiger charge is 2.33. The minimum absolute atomic E-state index is 0.233. The van der Waals surface area contributed by atoms with Gasteiger partial charge in [-0.3, -0.25) is 4.90 Å². The molecule has 0 heterocycles. The van der Waals surface area contributed by atoms with Gasteiger partial charge in [-0.1, -0.05) is 6.07 Å². The molecular formula is C14H19BFNO2. The minimum Gasteiger partial charge on any atom is -0.423 e. The molecule has 2 N–H and O–H groups in total. The molecule has 19 heavy (non-hydrogen) atoms. The summed E-state index contributed by atoms with van der Waals surface area (Å²) in [7, 11) is -1.60. The first-order valence-corrected chi connectivity index (χ1v) is 7.01. The van der Waals surface area contributed by atoms with Crippen molar-refractivity contribution in [3.8, 4) is 0 Å². The second kappa shape index (κ2) is 5.23. The first-order chi connectivity index (χ1) is 9.11. The Kier molecular flexibility index (Phi) is 3.61. The zero-order chi connectivity index (χ0) is 13.4. The fourth-order valence-electron chi connectivity index (χ4n) is 2.56. The molecule has 0 aromatic heterocycles. The van der Waals surface area contributed by atoms with Crippen LogP contribution in [0.15, 0.2) is 18.2 Å². The van der Waals surface area contributed by atoms with Gasteiger partial charge in [0.2, 0.25) is 0 Å². The first-order valence-electron chi connectivity index (χ1n) is 7.01. The minimum atomic E-state index is -1.60. The van der Waals surface area contributed by atoms with Gasteiger partial charge < -0.3 is 10.0 Å². The summed E-state index contributed by atoms with van der Waals surface area (Å²) in [6, 6.07) is 5.01. The molecule has 2 aliphatic rings. The van der Waals surface area contributed by atoms with Crippen LogP contribution in [0.25, 0.3) is 0 Å². The molecule has 0 radical (unpaired) electrons. The second-order valence-corrected chi connectivity index (χ2v) is 5.87. The van der Waals surface area contributed by atoms with E-state index in [-0.39, 0.29) is 5.46 Å². The van der Waals surface area contributed by atoms with Crippen LogP contribution in [0.5, 0.6) is 0 Å².